The number of aliphatic carboxylic acids is 1. The van der Waals surface area contributed by atoms with Gasteiger partial charge in [0.25, 0.3) is 0 Å². The van der Waals surface area contributed by atoms with E-state index in [4.69, 9.17) is 5.11 Å². The molecule has 0 radical (unpaired) electrons. The number of piperazine rings is 1. The largest absolute Gasteiger partial charge is 0.480 e. The molecule has 0 aromatic heterocycles. The molecule has 1 N–H and O–H groups in total. The fraction of sp³-hybridized carbons (Fsp3) is 0.875. The number of carboxylic acid groups (broad SMARTS) is 1. The molecule has 68 valence electrons. The molecule has 4 heteroatoms. The van der Waals surface area contributed by atoms with Crippen LogP contribution in [0.2, 0.25) is 0 Å². The van der Waals surface area contributed by atoms with Crippen LogP contribution in [0.3, 0.4) is 0 Å². The molecule has 0 amide bonds. The molecule has 2 bridgehead atoms. The van der Waals surface area contributed by atoms with Crippen LogP contribution in [-0.4, -0.2) is 59.6 Å². The van der Waals surface area contributed by atoms with E-state index < -0.39 is 5.97 Å². The average molecular weight is 170 g/mol. The lowest BCUT2D eigenvalue weighted by Crippen LogP contribution is -2.53. The van der Waals surface area contributed by atoms with Crippen molar-refractivity contribution in [3.8, 4) is 0 Å². The van der Waals surface area contributed by atoms with Gasteiger partial charge >= 0.3 is 5.97 Å². The number of nitrogens with zero attached hydrogens (tertiary/aromatic N) is 2. The molecule has 0 aliphatic carbocycles. The Hall–Kier alpha value is -0.610. The summed E-state index contributed by atoms with van der Waals surface area (Å²) in [6.07, 6.45) is 1.11. The minimum atomic E-state index is -0.665. The quantitative estimate of drug-likeness (QED) is 0.574. The van der Waals surface area contributed by atoms with Crippen LogP contribution < -0.4 is 0 Å². The lowest BCUT2D eigenvalue weighted by Gasteiger charge is -2.34. The predicted molar refractivity (Wildman–Crippen MR) is 44.1 cm³/mol. The van der Waals surface area contributed by atoms with Crippen LogP contribution in [0.1, 0.15) is 6.42 Å². The second-order valence-electron chi connectivity index (χ2n) is 3.54. The number of hydrogen-bond donors (Lipinski definition) is 1. The molecule has 3 fully saturated rings. The van der Waals surface area contributed by atoms with Crippen molar-refractivity contribution in [3.05, 3.63) is 0 Å². The molecular weight excluding hydrogens is 156 g/mol. The fourth-order valence-electron chi connectivity index (χ4n) is 2.08. The first-order valence-corrected chi connectivity index (χ1v) is 4.46. The zero-order chi connectivity index (χ0) is 8.55. The molecule has 0 saturated carbocycles. The molecule has 3 aliphatic heterocycles. The van der Waals surface area contributed by atoms with Crippen molar-refractivity contribution in [1.29, 1.82) is 0 Å². The maximum atomic E-state index is 10.8. The van der Waals surface area contributed by atoms with E-state index in [0.29, 0.717) is 0 Å². The summed E-state index contributed by atoms with van der Waals surface area (Å²) in [5, 5.41) is 8.92. The van der Waals surface area contributed by atoms with Gasteiger partial charge in [0.1, 0.15) is 6.04 Å². The first-order valence-electron chi connectivity index (χ1n) is 4.46. The number of rotatable bonds is 1. The summed E-state index contributed by atoms with van der Waals surface area (Å²) in [7, 11) is 0. The van der Waals surface area contributed by atoms with E-state index in [1.165, 1.54) is 0 Å². The van der Waals surface area contributed by atoms with Gasteiger partial charge in [-0.1, -0.05) is 0 Å². The summed E-state index contributed by atoms with van der Waals surface area (Å²) in [5.74, 6) is -0.665. The third-order valence-electron chi connectivity index (χ3n) is 2.78. The van der Waals surface area contributed by atoms with Crippen LogP contribution in [-0.2, 0) is 4.79 Å². The van der Waals surface area contributed by atoms with Crippen molar-refractivity contribution in [2.24, 2.45) is 0 Å². The molecule has 3 heterocycles. The third-order valence-corrected chi connectivity index (χ3v) is 2.78. The topological polar surface area (TPSA) is 43.8 Å². The van der Waals surface area contributed by atoms with Crippen LogP contribution in [0.15, 0.2) is 0 Å². The lowest BCUT2D eigenvalue weighted by atomic mass is 10.2. The summed E-state index contributed by atoms with van der Waals surface area (Å²) in [6, 6.07) is -0.249. The summed E-state index contributed by atoms with van der Waals surface area (Å²) in [4.78, 5) is 15.2. The molecule has 0 spiro atoms. The van der Waals surface area contributed by atoms with Crippen LogP contribution in [0.4, 0.5) is 0 Å². The Morgan fingerprint density at radius 1 is 1.25 bits per heavy atom. The van der Waals surface area contributed by atoms with Gasteiger partial charge in [0.2, 0.25) is 0 Å². The summed E-state index contributed by atoms with van der Waals surface area (Å²) in [5.41, 5.74) is 0. The van der Waals surface area contributed by atoms with Gasteiger partial charge in [-0.2, -0.15) is 0 Å². The fourth-order valence-corrected chi connectivity index (χ4v) is 2.08. The zero-order valence-electron chi connectivity index (χ0n) is 7.07. The lowest BCUT2D eigenvalue weighted by molar-refractivity contribution is -0.144. The maximum absolute atomic E-state index is 10.8. The summed E-state index contributed by atoms with van der Waals surface area (Å²) < 4.78 is 0. The highest BCUT2D eigenvalue weighted by Crippen LogP contribution is 2.15. The minimum Gasteiger partial charge on any atom is -0.480 e. The van der Waals surface area contributed by atoms with Crippen LogP contribution in [0.25, 0.3) is 0 Å². The Morgan fingerprint density at radius 3 is 2.83 bits per heavy atom. The normalized spacial score (nSPS) is 40.8. The van der Waals surface area contributed by atoms with Gasteiger partial charge in [-0.15, -0.1) is 0 Å². The summed E-state index contributed by atoms with van der Waals surface area (Å²) in [6.45, 7) is 4.71. The molecule has 0 aromatic rings. The Morgan fingerprint density at radius 2 is 2.08 bits per heavy atom. The SMILES string of the molecule is O=C(O)[C@H]1CN2CCCN1CC2. The van der Waals surface area contributed by atoms with Crippen molar-refractivity contribution in [2.45, 2.75) is 12.5 Å². The van der Waals surface area contributed by atoms with Gasteiger partial charge in [0.15, 0.2) is 0 Å². The first kappa shape index (κ1) is 8.01. The van der Waals surface area contributed by atoms with E-state index in [2.05, 4.69) is 9.80 Å². The van der Waals surface area contributed by atoms with Crippen LogP contribution >= 0.6 is 0 Å². The van der Waals surface area contributed by atoms with Crippen molar-refractivity contribution in [3.63, 3.8) is 0 Å². The van der Waals surface area contributed by atoms with Gasteiger partial charge in [-0.05, 0) is 13.0 Å². The minimum absolute atomic E-state index is 0.249. The Bertz CT molecular complexity index is 191. The van der Waals surface area contributed by atoms with Gasteiger partial charge in [-0.3, -0.25) is 14.6 Å². The van der Waals surface area contributed by atoms with Gasteiger partial charge in [0, 0.05) is 26.2 Å². The van der Waals surface area contributed by atoms with E-state index in [1.807, 2.05) is 0 Å². The van der Waals surface area contributed by atoms with Crippen LogP contribution in [0.5, 0.6) is 0 Å². The molecule has 3 atom stereocenters. The standard InChI is InChI=1S/C8H14N2O2/c11-8(12)7-6-9-2-1-3-10(7)5-4-9/h7H,1-6H2,(H,11,12)/t7-/m1/s1. The van der Waals surface area contributed by atoms with E-state index in [1.54, 1.807) is 0 Å². The predicted octanol–water partition coefficient (Wildman–Crippen LogP) is -0.539. The molecule has 2 unspecified atom stereocenters. The highest BCUT2D eigenvalue weighted by Gasteiger charge is 2.33. The summed E-state index contributed by atoms with van der Waals surface area (Å²) >= 11 is 0. The van der Waals surface area contributed by atoms with Crippen molar-refractivity contribution >= 4 is 5.97 Å². The van der Waals surface area contributed by atoms with E-state index in [0.717, 1.165) is 39.1 Å². The first-order chi connectivity index (χ1) is 5.77. The monoisotopic (exact) mass is 170 g/mol. The zero-order valence-corrected chi connectivity index (χ0v) is 7.07. The molecule has 3 aliphatic rings. The maximum Gasteiger partial charge on any atom is 0.322 e. The molecule has 3 saturated heterocycles. The van der Waals surface area contributed by atoms with E-state index in [9.17, 15) is 4.79 Å². The molecule has 12 heavy (non-hydrogen) atoms. The van der Waals surface area contributed by atoms with Gasteiger partial charge in [0.05, 0.1) is 0 Å². The number of carbonyl (C=O) groups is 1. The van der Waals surface area contributed by atoms with Crippen molar-refractivity contribution in [2.75, 3.05) is 32.7 Å². The molecule has 0 aromatic carbocycles. The second-order valence-corrected chi connectivity index (χ2v) is 3.54. The molecule has 4 nitrogen and oxygen atoms in total. The molecular formula is C8H14N2O2. The Balaban J connectivity index is 2.11. The van der Waals surface area contributed by atoms with E-state index in [-0.39, 0.29) is 6.04 Å². The number of hydrogen-bond acceptors (Lipinski definition) is 3. The number of carboxylic acids is 1. The van der Waals surface area contributed by atoms with Crippen LogP contribution in [0, 0.1) is 0 Å². The Labute approximate surface area is 71.8 Å². The van der Waals surface area contributed by atoms with E-state index >= 15 is 0 Å². The highest BCUT2D eigenvalue weighted by molar-refractivity contribution is 5.74. The van der Waals surface area contributed by atoms with Crippen molar-refractivity contribution < 1.29 is 9.90 Å². The number of fused-ring (bicyclic) bond motifs is 4. The second kappa shape index (κ2) is 3.03. The average Bonchev–Trinajstić information content (AvgIpc) is 2.36. The highest BCUT2D eigenvalue weighted by atomic mass is 16.4. The molecule has 3 rings (SSSR count). The van der Waals surface area contributed by atoms with Gasteiger partial charge < -0.3 is 5.11 Å². The third kappa shape index (κ3) is 1.32. The smallest absolute Gasteiger partial charge is 0.322 e. The Kier molecular flexibility index (Phi) is 2.02. The van der Waals surface area contributed by atoms with Crippen molar-refractivity contribution in [1.82, 2.24) is 9.80 Å². The van der Waals surface area contributed by atoms with Gasteiger partial charge in [-0.25, -0.2) is 0 Å².